The molecule has 0 unspecified atom stereocenters. The number of benzene rings is 1. The number of rotatable bonds is 7. The second kappa shape index (κ2) is 6.73. The Hall–Kier alpha value is -1.92. The summed E-state index contributed by atoms with van der Waals surface area (Å²) in [6.45, 7) is 3.69. The lowest BCUT2D eigenvalue weighted by Crippen LogP contribution is -2.05. The molecule has 6 heteroatoms. The van der Waals surface area contributed by atoms with Crippen molar-refractivity contribution in [2.75, 3.05) is 20.8 Å². The Morgan fingerprint density at radius 3 is 2.61 bits per heavy atom. The zero-order valence-corrected chi connectivity index (χ0v) is 10.3. The van der Waals surface area contributed by atoms with Gasteiger partial charge in [-0.15, -0.1) is 0 Å². The second-order valence-electron chi connectivity index (χ2n) is 3.39. The molecule has 6 nitrogen and oxygen atoms in total. The van der Waals surface area contributed by atoms with Gasteiger partial charge in [0.1, 0.15) is 6.61 Å². The molecular formula is C12H15NO5. The first-order valence-electron chi connectivity index (χ1n) is 5.21. The van der Waals surface area contributed by atoms with Crippen LogP contribution in [0.15, 0.2) is 30.9 Å². The van der Waals surface area contributed by atoms with E-state index in [9.17, 15) is 10.1 Å². The van der Waals surface area contributed by atoms with Crippen molar-refractivity contribution in [1.82, 2.24) is 0 Å². The molecule has 0 aliphatic rings. The van der Waals surface area contributed by atoms with Gasteiger partial charge in [0.05, 0.1) is 4.92 Å². The second-order valence-corrected chi connectivity index (χ2v) is 3.39. The standard InChI is InChI=1S/C12H15NO5/c1-4-7-18-11-6-5-9(12(16-2)17-3)8-10(11)13(14)15/h4-6,8,12H,1,7H2,2-3H3. The molecule has 0 fully saturated rings. The zero-order chi connectivity index (χ0) is 13.5. The van der Waals surface area contributed by atoms with Crippen LogP contribution in [-0.4, -0.2) is 25.7 Å². The largest absolute Gasteiger partial charge is 0.483 e. The molecule has 0 saturated carbocycles. The Bertz CT molecular complexity index is 428. The summed E-state index contributed by atoms with van der Waals surface area (Å²) in [6, 6.07) is 4.54. The van der Waals surface area contributed by atoms with Crippen molar-refractivity contribution in [3.05, 3.63) is 46.5 Å². The van der Waals surface area contributed by atoms with Gasteiger partial charge < -0.3 is 14.2 Å². The van der Waals surface area contributed by atoms with E-state index in [0.29, 0.717) is 5.56 Å². The molecule has 1 aromatic rings. The van der Waals surface area contributed by atoms with Gasteiger partial charge in [-0.1, -0.05) is 12.7 Å². The first-order chi connectivity index (χ1) is 8.63. The molecule has 0 radical (unpaired) electrons. The molecule has 0 N–H and O–H groups in total. The summed E-state index contributed by atoms with van der Waals surface area (Å²) in [5.74, 6) is 0.189. The number of nitro groups is 1. The van der Waals surface area contributed by atoms with Gasteiger partial charge in [-0.2, -0.15) is 0 Å². The van der Waals surface area contributed by atoms with Crippen molar-refractivity contribution >= 4 is 5.69 Å². The number of nitro benzene ring substituents is 1. The molecule has 0 aliphatic carbocycles. The maximum atomic E-state index is 11.0. The SMILES string of the molecule is C=CCOc1ccc(C(OC)OC)cc1[N+](=O)[O-]. The maximum absolute atomic E-state index is 11.0. The minimum atomic E-state index is -0.642. The summed E-state index contributed by atoms with van der Waals surface area (Å²) in [5.41, 5.74) is 0.422. The van der Waals surface area contributed by atoms with Crippen molar-refractivity contribution in [2.45, 2.75) is 6.29 Å². The fourth-order valence-corrected chi connectivity index (χ4v) is 1.46. The molecule has 1 aromatic carbocycles. The van der Waals surface area contributed by atoms with Gasteiger partial charge in [-0.25, -0.2) is 0 Å². The molecular weight excluding hydrogens is 238 g/mol. The molecule has 0 bridgehead atoms. The van der Waals surface area contributed by atoms with E-state index in [-0.39, 0.29) is 18.0 Å². The van der Waals surface area contributed by atoms with Gasteiger partial charge in [-0.3, -0.25) is 10.1 Å². The third-order valence-corrected chi connectivity index (χ3v) is 2.24. The number of hydrogen-bond acceptors (Lipinski definition) is 5. The molecule has 0 amide bonds. The molecule has 98 valence electrons. The summed E-state index contributed by atoms with van der Waals surface area (Å²) in [4.78, 5) is 10.4. The Morgan fingerprint density at radius 2 is 2.11 bits per heavy atom. The fraction of sp³-hybridized carbons (Fsp3) is 0.333. The van der Waals surface area contributed by atoms with Gasteiger partial charge in [0.2, 0.25) is 0 Å². The lowest BCUT2D eigenvalue weighted by Gasteiger charge is -2.14. The third kappa shape index (κ3) is 3.28. The summed E-state index contributed by atoms with van der Waals surface area (Å²) in [5, 5.41) is 11.0. The van der Waals surface area contributed by atoms with Crippen LogP contribution in [0.25, 0.3) is 0 Å². The first kappa shape index (κ1) is 14.1. The fourth-order valence-electron chi connectivity index (χ4n) is 1.46. The van der Waals surface area contributed by atoms with Crippen LogP contribution in [0.1, 0.15) is 11.9 Å². The molecule has 0 atom stereocenters. The zero-order valence-electron chi connectivity index (χ0n) is 10.3. The summed E-state index contributed by atoms with van der Waals surface area (Å²) < 4.78 is 15.3. The van der Waals surface area contributed by atoms with Gasteiger partial charge >= 0.3 is 5.69 Å². The van der Waals surface area contributed by atoms with Crippen molar-refractivity contribution in [2.24, 2.45) is 0 Å². The van der Waals surface area contributed by atoms with Crippen LogP contribution < -0.4 is 4.74 Å². The molecule has 0 heterocycles. The Balaban J connectivity index is 3.09. The average Bonchev–Trinajstić information content (AvgIpc) is 2.38. The molecule has 18 heavy (non-hydrogen) atoms. The number of ether oxygens (including phenoxy) is 3. The molecule has 0 aliphatic heterocycles. The van der Waals surface area contributed by atoms with Crippen LogP contribution >= 0.6 is 0 Å². The van der Waals surface area contributed by atoms with Crippen LogP contribution in [-0.2, 0) is 9.47 Å². The smallest absolute Gasteiger partial charge is 0.311 e. The van der Waals surface area contributed by atoms with Gasteiger partial charge in [0, 0.05) is 25.8 Å². The van der Waals surface area contributed by atoms with Crippen molar-refractivity contribution < 1.29 is 19.1 Å². The van der Waals surface area contributed by atoms with E-state index in [2.05, 4.69) is 6.58 Å². The lowest BCUT2D eigenvalue weighted by atomic mass is 10.2. The van der Waals surface area contributed by atoms with Crippen LogP contribution in [0, 0.1) is 10.1 Å². The summed E-state index contributed by atoms with van der Waals surface area (Å²) in [6.07, 6.45) is 0.877. The predicted octanol–water partition coefficient (Wildman–Crippen LogP) is 2.45. The normalized spacial score (nSPS) is 10.4. The highest BCUT2D eigenvalue weighted by atomic mass is 16.7. The van der Waals surface area contributed by atoms with E-state index in [1.165, 1.54) is 32.4 Å². The minimum absolute atomic E-state index is 0.131. The Kier molecular flexibility index (Phi) is 5.29. The van der Waals surface area contributed by atoms with E-state index < -0.39 is 11.2 Å². The quantitative estimate of drug-likeness (QED) is 0.323. The van der Waals surface area contributed by atoms with Crippen LogP contribution in [0.3, 0.4) is 0 Å². The summed E-state index contributed by atoms with van der Waals surface area (Å²) in [7, 11) is 2.92. The minimum Gasteiger partial charge on any atom is -0.483 e. The topological polar surface area (TPSA) is 70.8 Å². The summed E-state index contributed by atoms with van der Waals surface area (Å²) >= 11 is 0. The van der Waals surface area contributed by atoms with Crippen LogP contribution in [0.2, 0.25) is 0 Å². The highest BCUT2D eigenvalue weighted by Crippen LogP contribution is 2.31. The Labute approximate surface area is 105 Å². The predicted molar refractivity (Wildman–Crippen MR) is 65.5 cm³/mol. The van der Waals surface area contributed by atoms with Gasteiger partial charge in [-0.05, 0) is 12.1 Å². The van der Waals surface area contributed by atoms with E-state index in [0.717, 1.165) is 0 Å². The highest BCUT2D eigenvalue weighted by molar-refractivity contribution is 5.49. The van der Waals surface area contributed by atoms with E-state index in [1.807, 2.05) is 0 Å². The number of hydrogen-bond donors (Lipinski definition) is 0. The number of nitrogens with zero attached hydrogens (tertiary/aromatic N) is 1. The van der Waals surface area contributed by atoms with Crippen molar-refractivity contribution in [3.8, 4) is 5.75 Å². The highest BCUT2D eigenvalue weighted by Gasteiger charge is 2.19. The van der Waals surface area contributed by atoms with E-state index >= 15 is 0 Å². The van der Waals surface area contributed by atoms with Crippen LogP contribution in [0.5, 0.6) is 5.75 Å². The molecule has 1 rings (SSSR count). The van der Waals surface area contributed by atoms with Crippen molar-refractivity contribution in [1.29, 1.82) is 0 Å². The van der Waals surface area contributed by atoms with Gasteiger partial charge in [0.15, 0.2) is 12.0 Å². The Morgan fingerprint density at radius 1 is 1.44 bits per heavy atom. The molecule has 0 aromatic heterocycles. The lowest BCUT2D eigenvalue weighted by molar-refractivity contribution is -0.386. The third-order valence-electron chi connectivity index (χ3n) is 2.24. The maximum Gasteiger partial charge on any atom is 0.311 e. The van der Waals surface area contributed by atoms with E-state index in [1.54, 1.807) is 6.07 Å². The van der Waals surface area contributed by atoms with Gasteiger partial charge in [0.25, 0.3) is 0 Å². The van der Waals surface area contributed by atoms with Crippen molar-refractivity contribution in [3.63, 3.8) is 0 Å². The molecule has 0 spiro atoms. The average molecular weight is 253 g/mol. The first-order valence-corrected chi connectivity index (χ1v) is 5.21. The van der Waals surface area contributed by atoms with Crippen LogP contribution in [0.4, 0.5) is 5.69 Å². The number of methoxy groups -OCH3 is 2. The monoisotopic (exact) mass is 253 g/mol. The molecule has 0 saturated heterocycles. The van der Waals surface area contributed by atoms with E-state index in [4.69, 9.17) is 14.2 Å².